The van der Waals surface area contributed by atoms with E-state index in [1.54, 1.807) is 0 Å². The molecule has 0 aromatic heterocycles. The monoisotopic (exact) mass is 390 g/mol. The maximum absolute atomic E-state index is 12.8. The van der Waals surface area contributed by atoms with Crippen LogP contribution in [0, 0.1) is 0 Å². The van der Waals surface area contributed by atoms with Gasteiger partial charge in [0.1, 0.15) is 5.75 Å². The molecule has 1 aromatic rings. The Morgan fingerprint density at radius 2 is 1.89 bits per heavy atom. The summed E-state index contributed by atoms with van der Waals surface area (Å²) >= 11 is 5.32. The number of thiocarbonyl (C=S) groups is 1. The van der Waals surface area contributed by atoms with Gasteiger partial charge in [0.2, 0.25) is 0 Å². The van der Waals surface area contributed by atoms with Gasteiger partial charge in [-0.1, -0.05) is 51.3 Å². The fraction of sp³-hybridized carbons (Fsp3) is 0.524. The fourth-order valence-electron chi connectivity index (χ4n) is 3.03. The molecule has 27 heavy (non-hydrogen) atoms. The van der Waals surface area contributed by atoms with Gasteiger partial charge in [0, 0.05) is 11.3 Å². The second kappa shape index (κ2) is 10.9. The Kier molecular flexibility index (Phi) is 8.58. The zero-order chi connectivity index (χ0) is 19.6. The lowest BCUT2D eigenvalue weighted by Crippen LogP contribution is -2.45. The number of carbonyl (C=O) groups excluding carboxylic acids is 1. The molecule has 5 nitrogen and oxygen atoms in total. The first-order chi connectivity index (χ1) is 13.1. The van der Waals surface area contributed by atoms with Crippen LogP contribution in [0.5, 0.6) is 5.75 Å². The Morgan fingerprint density at radius 1 is 1.11 bits per heavy atom. The van der Waals surface area contributed by atoms with Crippen molar-refractivity contribution in [3.05, 3.63) is 41.1 Å². The molecule has 0 saturated heterocycles. The first kappa shape index (κ1) is 21.2. The average molecular weight is 391 g/mol. The van der Waals surface area contributed by atoms with Crippen LogP contribution < -0.4 is 15.4 Å². The highest BCUT2D eigenvalue weighted by molar-refractivity contribution is 7.80. The number of nitrogens with one attached hydrogen (secondary N) is 2. The predicted octanol–water partition coefficient (Wildman–Crippen LogP) is 4.39. The number of carbonyl (C=O) groups is 1. The fourth-order valence-corrected chi connectivity index (χ4v) is 3.30. The zero-order valence-corrected chi connectivity index (χ0v) is 17.3. The Morgan fingerprint density at radius 3 is 2.63 bits per heavy atom. The number of rotatable bonds is 10. The minimum atomic E-state index is -0.394. The molecule has 0 saturated carbocycles. The van der Waals surface area contributed by atoms with E-state index in [9.17, 15) is 4.79 Å². The van der Waals surface area contributed by atoms with Crippen LogP contribution >= 0.6 is 12.2 Å². The van der Waals surface area contributed by atoms with Gasteiger partial charge in [-0.2, -0.15) is 0 Å². The topological polar surface area (TPSA) is 59.6 Å². The molecule has 6 heteroatoms. The third kappa shape index (κ3) is 5.96. The number of unbranched alkanes of at least 4 members (excludes halogenated alkanes) is 3. The minimum absolute atomic E-state index is 0.318. The summed E-state index contributed by atoms with van der Waals surface area (Å²) in [5, 5.41) is 6.73. The van der Waals surface area contributed by atoms with Gasteiger partial charge in [-0.25, -0.2) is 4.79 Å². The van der Waals surface area contributed by atoms with Crippen molar-refractivity contribution in [3.63, 3.8) is 0 Å². The lowest BCUT2D eigenvalue weighted by molar-refractivity contribution is -0.139. The van der Waals surface area contributed by atoms with E-state index in [1.165, 1.54) is 0 Å². The smallest absolute Gasteiger partial charge is 0.338 e. The molecular formula is C21H30N2O3S. The van der Waals surface area contributed by atoms with Crippen LogP contribution in [0.25, 0.3) is 0 Å². The Hall–Kier alpha value is -2.08. The molecule has 0 unspecified atom stereocenters. The van der Waals surface area contributed by atoms with Gasteiger partial charge in [0.25, 0.3) is 0 Å². The van der Waals surface area contributed by atoms with Gasteiger partial charge in [-0.3, -0.25) is 0 Å². The molecule has 2 N–H and O–H groups in total. The molecule has 1 heterocycles. The number of ether oxygens (including phenoxy) is 2. The van der Waals surface area contributed by atoms with Crippen molar-refractivity contribution in [1.29, 1.82) is 0 Å². The van der Waals surface area contributed by atoms with Gasteiger partial charge < -0.3 is 20.1 Å². The Balaban J connectivity index is 2.22. The van der Waals surface area contributed by atoms with Gasteiger partial charge in [-0.15, -0.1) is 0 Å². The first-order valence-corrected chi connectivity index (χ1v) is 10.2. The highest BCUT2D eigenvalue weighted by Crippen LogP contribution is 2.33. The summed E-state index contributed by atoms with van der Waals surface area (Å²) in [5.41, 5.74) is 2.14. The minimum Gasteiger partial charge on any atom is -0.493 e. The predicted molar refractivity (Wildman–Crippen MR) is 112 cm³/mol. The van der Waals surface area contributed by atoms with Crippen molar-refractivity contribution >= 4 is 23.3 Å². The summed E-state index contributed by atoms with van der Waals surface area (Å²) in [4.78, 5) is 12.8. The summed E-state index contributed by atoms with van der Waals surface area (Å²) in [6.07, 6.45) is 5.17. The molecule has 1 aromatic carbocycles. The second-order valence-electron chi connectivity index (χ2n) is 6.65. The molecule has 0 fully saturated rings. The summed E-state index contributed by atoms with van der Waals surface area (Å²) in [6.45, 7) is 7.12. The van der Waals surface area contributed by atoms with Crippen molar-refractivity contribution < 1.29 is 14.3 Å². The molecule has 1 atom stereocenters. The summed E-state index contributed by atoms with van der Waals surface area (Å²) < 4.78 is 11.4. The van der Waals surface area contributed by atoms with E-state index in [-0.39, 0.29) is 5.97 Å². The Labute approximate surface area is 167 Å². The summed E-state index contributed by atoms with van der Waals surface area (Å²) in [6, 6.07) is 7.34. The number of allylic oxidation sites excluding steroid dienone is 1. The molecule has 0 spiro atoms. The number of benzene rings is 1. The highest BCUT2D eigenvalue weighted by atomic mass is 32.1. The van der Waals surface area contributed by atoms with E-state index in [2.05, 4.69) is 24.5 Å². The zero-order valence-electron chi connectivity index (χ0n) is 16.5. The SMILES string of the molecule is CCCCCCOC(=O)C1=C(C)NC(=S)N[C@@H]1c1ccccc1OCCC. The highest BCUT2D eigenvalue weighted by Gasteiger charge is 2.32. The maximum Gasteiger partial charge on any atom is 0.338 e. The number of hydrogen-bond acceptors (Lipinski definition) is 4. The molecule has 1 aliphatic heterocycles. The lowest BCUT2D eigenvalue weighted by atomic mass is 9.95. The van der Waals surface area contributed by atoms with Crippen LogP contribution in [0.3, 0.4) is 0 Å². The largest absolute Gasteiger partial charge is 0.493 e. The van der Waals surface area contributed by atoms with E-state index in [0.717, 1.165) is 43.4 Å². The summed E-state index contributed by atoms with van der Waals surface area (Å²) in [7, 11) is 0. The molecule has 0 bridgehead atoms. The van der Waals surface area contributed by atoms with Gasteiger partial charge >= 0.3 is 5.97 Å². The van der Waals surface area contributed by atoms with Crippen molar-refractivity contribution in [2.75, 3.05) is 13.2 Å². The summed E-state index contributed by atoms with van der Waals surface area (Å²) in [5.74, 6) is 0.435. The molecule has 0 amide bonds. The number of para-hydroxylation sites is 1. The molecule has 0 radical (unpaired) electrons. The Bertz CT molecular complexity index is 688. The molecule has 0 aliphatic carbocycles. The normalized spacial score (nSPS) is 16.6. The quantitative estimate of drug-likeness (QED) is 0.351. The average Bonchev–Trinajstić information content (AvgIpc) is 2.65. The van der Waals surface area contributed by atoms with Crippen LogP contribution in [0.2, 0.25) is 0 Å². The van der Waals surface area contributed by atoms with Crippen molar-refractivity contribution in [3.8, 4) is 5.75 Å². The van der Waals surface area contributed by atoms with E-state index in [4.69, 9.17) is 21.7 Å². The molecular weight excluding hydrogens is 360 g/mol. The van der Waals surface area contributed by atoms with E-state index in [0.29, 0.717) is 29.6 Å². The number of hydrogen-bond donors (Lipinski definition) is 2. The molecule has 148 valence electrons. The van der Waals surface area contributed by atoms with Gasteiger partial charge in [0.05, 0.1) is 24.8 Å². The van der Waals surface area contributed by atoms with Crippen molar-refractivity contribution in [2.45, 2.75) is 58.9 Å². The van der Waals surface area contributed by atoms with Crippen LogP contribution in [0.4, 0.5) is 0 Å². The van der Waals surface area contributed by atoms with E-state index >= 15 is 0 Å². The van der Waals surface area contributed by atoms with Gasteiger partial charge in [0.15, 0.2) is 5.11 Å². The van der Waals surface area contributed by atoms with E-state index < -0.39 is 6.04 Å². The maximum atomic E-state index is 12.8. The third-order valence-corrected chi connectivity index (χ3v) is 4.63. The van der Waals surface area contributed by atoms with Gasteiger partial charge in [-0.05, 0) is 38.0 Å². The molecule has 2 rings (SSSR count). The third-order valence-electron chi connectivity index (χ3n) is 4.41. The lowest BCUT2D eigenvalue weighted by Gasteiger charge is -2.30. The van der Waals surface area contributed by atoms with Crippen LogP contribution in [0.15, 0.2) is 35.5 Å². The van der Waals surface area contributed by atoms with Crippen molar-refractivity contribution in [1.82, 2.24) is 10.6 Å². The van der Waals surface area contributed by atoms with Crippen LogP contribution in [0.1, 0.15) is 64.5 Å². The van der Waals surface area contributed by atoms with E-state index in [1.807, 2.05) is 31.2 Å². The van der Waals surface area contributed by atoms with Crippen LogP contribution in [-0.2, 0) is 9.53 Å². The standard InChI is InChI=1S/C21H30N2O3S/c1-4-6-7-10-14-26-20(24)18-15(3)22-21(27)23-19(18)16-11-8-9-12-17(16)25-13-5-2/h8-9,11-12,19H,4-7,10,13-14H2,1-3H3,(H2,22,23,27)/t19-/m1/s1. The second-order valence-corrected chi connectivity index (χ2v) is 7.06. The van der Waals surface area contributed by atoms with Crippen molar-refractivity contribution in [2.24, 2.45) is 0 Å². The molecule has 1 aliphatic rings. The first-order valence-electron chi connectivity index (χ1n) is 9.75. The number of esters is 1. The van der Waals surface area contributed by atoms with Crippen LogP contribution in [-0.4, -0.2) is 24.3 Å².